The van der Waals surface area contributed by atoms with Crippen molar-refractivity contribution in [2.24, 2.45) is 34.1 Å². The van der Waals surface area contributed by atoms with E-state index in [1.165, 1.54) is 0 Å². The number of ketones is 1. The van der Waals surface area contributed by atoms with Crippen LogP contribution in [0, 0.1) is 29.1 Å². The fourth-order valence-corrected chi connectivity index (χ4v) is 8.71. The van der Waals surface area contributed by atoms with Crippen molar-refractivity contribution in [3.05, 3.63) is 12.4 Å². The topological polar surface area (TPSA) is 178 Å². The Hall–Kier alpha value is -3.77. The van der Waals surface area contributed by atoms with E-state index in [-0.39, 0.29) is 41.0 Å². The SMILES string of the molecule is CCC[C@H](NC(=O)[C@@H]1[C@@H]2CCC[C@H]2CN1C(=O)[C@H](CC(C)(C)C)NC(=O)[C@@H](C1CCCCC1)[C@]1(NC=O)C=NC=CN1)C(=O)C(=O)NC1CC1. The zero-order chi connectivity index (χ0) is 36.1. The molecule has 0 unspecified atom stereocenters. The van der Waals surface area contributed by atoms with E-state index >= 15 is 0 Å². The maximum absolute atomic E-state index is 14.7. The van der Waals surface area contributed by atoms with E-state index in [0.717, 1.165) is 64.2 Å². The summed E-state index contributed by atoms with van der Waals surface area (Å²) >= 11 is 0. The number of likely N-dealkylation sites (tertiary alicyclic amines) is 1. The van der Waals surface area contributed by atoms with Crippen molar-refractivity contribution < 1.29 is 28.8 Å². The normalized spacial score (nSPS) is 28.1. The lowest BCUT2D eigenvalue weighted by molar-refractivity contribution is -0.145. The smallest absolute Gasteiger partial charge is 0.289 e. The number of rotatable bonds is 15. The van der Waals surface area contributed by atoms with Crippen molar-refractivity contribution in [2.75, 3.05) is 6.54 Å². The van der Waals surface area contributed by atoms with Gasteiger partial charge in [0.05, 0.1) is 18.2 Å². The van der Waals surface area contributed by atoms with Crippen molar-refractivity contribution in [3.63, 3.8) is 0 Å². The average molecular weight is 696 g/mol. The zero-order valence-electron chi connectivity index (χ0n) is 30.2. The number of hydrogen-bond acceptors (Lipinski definition) is 8. The lowest BCUT2D eigenvalue weighted by Gasteiger charge is -2.43. The summed E-state index contributed by atoms with van der Waals surface area (Å²) in [6, 6.07) is -2.72. The van der Waals surface area contributed by atoms with Gasteiger partial charge in [0, 0.05) is 25.0 Å². The number of Topliss-reactive ketones (excluding diaryl/α,β-unsaturated/α-hetero) is 1. The first-order valence-corrected chi connectivity index (χ1v) is 18.8. The summed E-state index contributed by atoms with van der Waals surface area (Å²) in [6.45, 7) is 8.29. The second kappa shape index (κ2) is 16.1. The molecule has 50 heavy (non-hydrogen) atoms. The van der Waals surface area contributed by atoms with Gasteiger partial charge in [0.1, 0.15) is 12.1 Å². The second-order valence-electron chi connectivity index (χ2n) is 16.3. The van der Waals surface area contributed by atoms with E-state index < -0.39 is 47.3 Å². The summed E-state index contributed by atoms with van der Waals surface area (Å²) in [6.07, 6.45) is 15.4. The molecule has 2 aliphatic heterocycles. The van der Waals surface area contributed by atoms with Gasteiger partial charge in [-0.2, -0.15) is 0 Å². The van der Waals surface area contributed by atoms with E-state index in [4.69, 9.17) is 0 Å². The van der Waals surface area contributed by atoms with Gasteiger partial charge in [0.2, 0.25) is 29.9 Å². The molecule has 2 heterocycles. The maximum atomic E-state index is 14.7. The average Bonchev–Trinajstić information content (AvgIpc) is 3.64. The molecule has 0 aromatic heterocycles. The number of carbonyl (C=O) groups excluding carboxylic acids is 6. The molecule has 7 atom stereocenters. The number of nitrogens with zero attached hydrogens (tertiary/aromatic N) is 2. The number of nitrogens with one attached hydrogen (secondary N) is 5. The van der Waals surface area contributed by atoms with E-state index in [1.54, 1.807) is 23.5 Å². The molecule has 5 N–H and O–H groups in total. The van der Waals surface area contributed by atoms with Gasteiger partial charge in [-0.05, 0) is 74.5 Å². The summed E-state index contributed by atoms with van der Waals surface area (Å²) in [7, 11) is 0. The predicted molar refractivity (Wildman–Crippen MR) is 188 cm³/mol. The first kappa shape index (κ1) is 37.5. The fraction of sp³-hybridized carbons (Fsp3) is 0.757. The van der Waals surface area contributed by atoms with Crippen molar-refractivity contribution in [1.82, 2.24) is 31.5 Å². The molecule has 0 radical (unpaired) electrons. The first-order chi connectivity index (χ1) is 23.9. The highest BCUT2D eigenvalue weighted by atomic mass is 16.2. The van der Waals surface area contributed by atoms with Crippen LogP contribution in [0.3, 0.4) is 0 Å². The first-order valence-electron chi connectivity index (χ1n) is 18.8. The van der Waals surface area contributed by atoms with Crippen LogP contribution in [0.2, 0.25) is 0 Å². The molecule has 0 bridgehead atoms. The van der Waals surface area contributed by atoms with Crippen LogP contribution in [0.25, 0.3) is 0 Å². The summed E-state index contributed by atoms with van der Waals surface area (Å²) in [5.74, 6) is -3.24. The molecule has 5 rings (SSSR count). The van der Waals surface area contributed by atoms with Gasteiger partial charge < -0.3 is 31.5 Å². The molecular formula is C37H57N7O6. The Labute approximate surface area is 296 Å². The van der Waals surface area contributed by atoms with E-state index in [2.05, 4.69) is 31.6 Å². The molecule has 13 heteroatoms. The van der Waals surface area contributed by atoms with Crippen LogP contribution in [0.1, 0.15) is 111 Å². The highest BCUT2D eigenvalue weighted by Crippen LogP contribution is 2.43. The molecule has 1 saturated heterocycles. The quantitative estimate of drug-likeness (QED) is 0.129. The molecule has 5 amide bonds. The number of hydrogen-bond donors (Lipinski definition) is 5. The maximum Gasteiger partial charge on any atom is 0.289 e. The Bertz CT molecular complexity index is 1350. The molecule has 276 valence electrons. The third kappa shape index (κ3) is 8.74. The van der Waals surface area contributed by atoms with Crippen molar-refractivity contribution in [3.8, 4) is 0 Å². The summed E-state index contributed by atoms with van der Waals surface area (Å²) in [5.41, 5.74) is -1.63. The standard InChI is InChI=1S/C37H57N7O6/c1-5-10-27(31(46)34(49)41-25-15-16-25)42-33(48)30-26-14-9-13-24(26)20-44(30)35(50)28(19-36(2,3)4)43-32(47)29(23-11-7-6-8-12-23)37(40-22-45)21-38-17-18-39-37/h17-18,21-30,39H,5-16,19-20H2,1-4H3,(H,40,45)(H,41,49)(H,42,48)(H,43,47)/t24-,26+,27-,28-,29+,30-,37+/m0/s1. The summed E-state index contributed by atoms with van der Waals surface area (Å²) < 4.78 is 0. The van der Waals surface area contributed by atoms with Gasteiger partial charge in [0.15, 0.2) is 5.66 Å². The van der Waals surface area contributed by atoms with Crippen LogP contribution in [-0.2, 0) is 28.8 Å². The Kier molecular flexibility index (Phi) is 12.0. The molecule has 13 nitrogen and oxygen atoms in total. The molecular weight excluding hydrogens is 638 g/mol. The van der Waals surface area contributed by atoms with E-state index in [9.17, 15) is 28.8 Å². The van der Waals surface area contributed by atoms with Gasteiger partial charge in [0.25, 0.3) is 5.91 Å². The molecule has 5 aliphatic rings. The summed E-state index contributed by atoms with van der Waals surface area (Å²) in [4.78, 5) is 87.2. The van der Waals surface area contributed by atoms with Gasteiger partial charge >= 0.3 is 0 Å². The van der Waals surface area contributed by atoms with E-state index in [0.29, 0.717) is 32.2 Å². The highest BCUT2D eigenvalue weighted by molar-refractivity contribution is 6.38. The Morgan fingerprint density at radius 1 is 0.980 bits per heavy atom. The molecule has 4 fully saturated rings. The number of carbonyl (C=O) groups is 6. The molecule has 0 aromatic carbocycles. The third-order valence-corrected chi connectivity index (χ3v) is 11.2. The van der Waals surface area contributed by atoms with Crippen molar-refractivity contribution >= 4 is 42.0 Å². The minimum absolute atomic E-state index is 0.0148. The van der Waals surface area contributed by atoms with Crippen molar-refractivity contribution in [2.45, 2.75) is 141 Å². The fourth-order valence-electron chi connectivity index (χ4n) is 8.71. The van der Waals surface area contributed by atoms with Gasteiger partial charge in [-0.1, -0.05) is 59.8 Å². The number of fused-ring (bicyclic) bond motifs is 1. The lowest BCUT2D eigenvalue weighted by atomic mass is 9.73. The largest absolute Gasteiger partial charge is 0.362 e. The molecule has 0 aromatic rings. The Balaban J connectivity index is 1.41. The van der Waals surface area contributed by atoms with Crippen molar-refractivity contribution in [1.29, 1.82) is 0 Å². The number of aliphatic imine (C=N–C) groups is 1. The summed E-state index contributed by atoms with van der Waals surface area (Å²) in [5, 5.41) is 14.8. The van der Waals surface area contributed by atoms with Gasteiger partial charge in [-0.15, -0.1) is 0 Å². The molecule has 3 aliphatic carbocycles. The van der Waals surface area contributed by atoms with Crippen LogP contribution in [0.4, 0.5) is 0 Å². The van der Waals surface area contributed by atoms with Crippen LogP contribution < -0.4 is 26.6 Å². The molecule has 3 saturated carbocycles. The molecule has 0 spiro atoms. The monoisotopic (exact) mass is 695 g/mol. The number of amides is 5. The Morgan fingerprint density at radius 3 is 2.34 bits per heavy atom. The zero-order valence-corrected chi connectivity index (χ0v) is 30.2. The van der Waals surface area contributed by atoms with E-state index in [1.807, 2.05) is 27.7 Å². The minimum Gasteiger partial charge on any atom is -0.362 e. The highest BCUT2D eigenvalue weighted by Gasteiger charge is 2.53. The van der Waals surface area contributed by atoms with Crippen LogP contribution in [0.15, 0.2) is 17.4 Å². The lowest BCUT2D eigenvalue weighted by Crippen LogP contribution is -2.68. The Morgan fingerprint density at radius 2 is 1.72 bits per heavy atom. The van der Waals surface area contributed by atoms with Gasteiger partial charge in [-0.25, -0.2) is 0 Å². The minimum atomic E-state index is -1.27. The second-order valence-corrected chi connectivity index (χ2v) is 16.3. The predicted octanol–water partition coefficient (Wildman–Crippen LogP) is 2.45. The van der Waals surface area contributed by atoms with Crippen LogP contribution in [-0.4, -0.2) is 83.3 Å². The van der Waals surface area contributed by atoms with Crippen LogP contribution in [0.5, 0.6) is 0 Å². The van der Waals surface area contributed by atoms with Gasteiger partial charge in [-0.3, -0.25) is 33.8 Å². The van der Waals surface area contributed by atoms with Crippen LogP contribution >= 0.6 is 0 Å². The third-order valence-electron chi connectivity index (χ3n) is 11.2.